The van der Waals surface area contributed by atoms with Gasteiger partial charge in [-0.3, -0.25) is 9.10 Å². The highest BCUT2D eigenvalue weighted by Crippen LogP contribution is 2.38. The molecule has 0 amide bonds. The third-order valence-electron chi connectivity index (χ3n) is 4.49. The Morgan fingerprint density at radius 2 is 2.00 bits per heavy atom. The van der Waals surface area contributed by atoms with Crippen LogP contribution in [-0.2, 0) is 20.5 Å². The maximum Gasteiger partial charge on any atom is 0.307 e. The molecular formula is C20H24N2O3S. The summed E-state index contributed by atoms with van der Waals surface area (Å²) < 4.78 is 19.9. The van der Waals surface area contributed by atoms with E-state index in [2.05, 4.69) is 5.32 Å². The van der Waals surface area contributed by atoms with Gasteiger partial charge in [-0.2, -0.15) is 0 Å². The molecule has 0 fully saturated rings. The van der Waals surface area contributed by atoms with Crippen LogP contribution >= 0.6 is 0 Å². The topological polar surface area (TPSA) is 58.6 Å². The molecule has 26 heavy (non-hydrogen) atoms. The van der Waals surface area contributed by atoms with Crippen molar-refractivity contribution in [1.29, 1.82) is 0 Å². The molecule has 0 saturated carbocycles. The van der Waals surface area contributed by atoms with Crippen molar-refractivity contribution >= 4 is 22.6 Å². The second-order valence-electron chi connectivity index (χ2n) is 6.29. The predicted octanol–water partition coefficient (Wildman–Crippen LogP) is 3.10. The van der Waals surface area contributed by atoms with Crippen molar-refractivity contribution in [1.82, 2.24) is 5.32 Å². The van der Waals surface area contributed by atoms with E-state index in [-0.39, 0.29) is 12.0 Å². The summed E-state index contributed by atoms with van der Waals surface area (Å²) in [5.41, 5.74) is 4.03. The molecular weight excluding hydrogens is 348 g/mol. The van der Waals surface area contributed by atoms with Crippen LogP contribution in [0.4, 0.5) is 5.69 Å². The van der Waals surface area contributed by atoms with Crippen molar-refractivity contribution in [2.75, 3.05) is 24.5 Å². The zero-order valence-electron chi connectivity index (χ0n) is 15.3. The zero-order valence-corrected chi connectivity index (χ0v) is 16.1. The number of hydrogen-bond acceptors (Lipinski definition) is 4. The largest absolute Gasteiger partial charge is 0.466 e. The third-order valence-corrected chi connectivity index (χ3v) is 5.91. The van der Waals surface area contributed by atoms with Gasteiger partial charge in [-0.15, -0.1) is 0 Å². The SMILES string of the molecule is CCOC(=O)CCNC1c2ccccc2N(C)S(=O)c2cc(C)ccc21. The zero-order chi connectivity index (χ0) is 18.7. The molecule has 138 valence electrons. The summed E-state index contributed by atoms with van der Waals surface area (Å²) >= 11 is 0. The average Bonchev–Trinajstić information content (AvgIpc) is 2.72. The van der Waals surface area contributed by atoms with Gasteiger partial charge in [0.25, 0.3) is 0 Å². The first-order valence-electron chi connectivity index (χ1n) is 8.77. The molecule has 0 spiro atoms. The minimum atomic E-state index is -1.29. The number of nitrogens with zero attached hydrogens (tertiary/aromatic N) is 1. The molecule has 2 aromatic carbocycles. The van der Waals surface area contributed by atoms with E-state index >= 15 is 0 Å². The lowest BCUT2D eigenvalue weighted by Crippen LogP contribution is -2.26. The van der Waals surface area contributed by atoms with Gasteiger partial charge in [0.1, 0.15) is 0 Å². The van der Waals surface area contributed by atoms with E-state index in [0.29, 0.717) is 19.6 Å². The number of nitrogens with one attached hydrogen (secondary N) is 1. The molecule has 6 heteroatoms. The lowest BCUT2D eigenvalue weighted by molar-refractivity contribution is -0.143. The summed E-state index contributed by atoms with van der Waals surface area (Å²) in [4.78, 5) is 12.5. The molecule has 1 heterocycles. The molecule has 1 aliphatic rings. The number of aryl methyl sites for hydroxylation is 1. The predicted molar refractivity (Wildman–Crippen MR) is 104 cm³/mol. The molecule has 0 aliphatic carbocycles. The van der Waals surface area contributed by atoms with Crippen LogP contribution in [0.5, 0.6) is 0 Å². The standard InChI is InChI=1S/C20H24N2O3S/c1-4-25-19(23)11-12-21-20-15-7-5-6-8-17(15)22(3)26(24)18-13-14(2)9-10-16(18)20/h5-10,13,20-21H,4,11-12H2,1-3H3. The Kier molecular flexibility index (Phi) is 5.74. The molecule has 1 N–H and O–H groups in total. The van der Waals surface area contributed by atoms with Crippen molar-refractivity contribution in [2.24, 2.45) is 0 Å². The number of rotatable bonds is 5. The summed E-state index contributed by atoms with van der Waals surface area (Å²) in [6, 6.07) is 13.9. The normalized spacial score (nSPS) is 18.7. The van der Waals surface area contributed by atoms with Gasteiger partial charge in [0, 0.05) is 13.6 Å². The molecule has 1 aliphatic heterocycles. The van der Waals surface area contributed by atoms with Crippen LogP contribution in [0, 0.1) is 6.92 Å². The number of esters is 1. The van der Waals surface area contributed by atoms with E-state index in [1.165, 1.54) is 0 Å². The number of carbonyl (C=O) groups is 1. The smallest absolute Gasteiger partial charge is 0.307 e. The van der Waals surface area contributed by atoms with Crippen molar-refractivity contribution < 1.29 is 13.7 Å². The number of fused-ring (bicyclic) bond motifs is 2. The van der Waals surface area contributed by atoms with Crippen LogP contribution in [0.25, 0.3) is 0 Å². The number of para-hydroxylation sites is 1. The van der Waals surface area contributed by atoms with Crippen molar-refractivity contribution in [2.45, 2.75) is 31.2 Å². The lowest BCUT2D eigenvalue weighted by atomic mass is 9.96. The van der Waals surface area contributed by atoms with Gasteiger partial charge in [-0.05, 0) is 42.7 Å². The monoisotopic (exact) mass is 372 g/mol. The highest BCUT2D eigenvalue weighted by Gasteiger charge is 2.29. The van der Waals surface area contributed by atoms with Crippen LogP contribution in [0.1, 0.15) is 36.1 Å². The fraction of sp³-hybridized carbons (Fsp3) is 0.350. The van der Waals surface area contributed by atoms with Gasteiger partial charge in [-0.25, -0.2) is 4.21 Å². The van der Waals surface area contributed by atoms with E-state index in [1.807, 2.05) is 56.4 Å². The molecule has 0 radical (unpaired) electrons. The lowest BCUT2D eigenvalue weighted by Gasteiger charge is -2.22. The summed E-state index contributed by atoms with van der Waals surface area (Å²) in [6.45, 7) is 4.67. The molecule has 5 nitrogen and oxygen atoms in total. The van der Waals surface area contributed by atoms with Crippen LogP contribution in [0.15, 0.2) is 47.4 Å². The van der Waals surface area contributed by atoms with Gasteiger partial charge in [0.15, 0.2) is 11.0 Å². The van der Waals surface area contributed by atoms with Crippen LogP contribution in [-0.4, -0.2) is 30.4 Å². The molecule has 2 unspecified atom stereocenters. The van der Waals surface area contributed by atoms with E-state index in [9.17, 15) is 9.00 Å². The van der Waals surface area contributed by atoms with Crippen LogP contribution in [0.2, 0.25) is 0 Å². The van der Waals surface area contributed by atoms with Gasteiger partial charge in [-0.1, -0.05) is 30.3 Å². The average molecular weight is 372 g/mol. The first-order valence-corrected chi connectivity index (χ1v) is 9.87. The summed E-state index contributed by atoms with van der Waals surface area (Å²) in [5, 5.41) is 3.46. The quantitative estimate of drug-likeness (QED) is 0.820. The number of anilines is 1. The number of carbonyl (C=O) groups excluding carboxylic acids is 1. The Morgan fingerprint density at radius 3 is 2.77 bits per heavy atom. The molecule has 2 aromatic rings. The fourth-order valence-corrected chi connectivity index (χ4v) is 4.54. The maximum absolute atomic E-state index is 13.1. The van der Waals surface area contributed by atoms with Gasteiger partial charge in [0.2, 0.25) is 0 Å². The minimum absolute atomic E-state index is 0.134. The first-order chi connectivity index (χ1) is 12.5. The Morgan fingerprint density at radius 1 is 1.23 bits per heavy atom. The summed E-state index contributed by atoms with van der Waals surface area (Å²) in [7, 11) is 0.564. The fourth-order valence-electron chi connectivity index (χ4n) is 3.23. The first kappa shape index (κ1) is 18.6. The Bertz CT molecular complexity index is 838. The highest BCUT2D eigenvalue weighted by molar-refractivity contribution is 7.86. The van der Waals surface area contributed by atoms with E-state index in [0.717, 1.165) is 27.3 Å². The Labute approximate surface area is 156 Å². The summed E-state index contributed by atoms with van der Waals surface area (Å²) in [6.07, 6.45) is 0.298. The minimum Gasteiger partial charge on any atom is -0.466 e. The van der Waals surface area contributed by atoms with E-state index < -0.39 is 11.0 Å². The summed E-state index contributed by atoms with van der Waals surface area (Å²) in [5.74, 6) is -0.216. The van der Waals surface area contributed by atoms with Crippen LogP contribution < -0.4 is 9.62 Å². The number of benzene rings is 2. The van der Waals surface area contributed by atoms with Crippen molar-refractivity contribution in [3.8, 4) is 0 Å². The Balaban J connectivity index is 1.99. The Hall–Kier alpha value is -2.18. The van der Waals surface area contributed by atoms with Gasteiger partial charge >= 0.3 is 5.97 Å². The van der Waals surface area contributed by atoms with E-state index in [4.69, 9.17) is 4.74 Å². The molecule has 0 aromatic heterocycles. The maximum atomic E-state index is 13.1. The van der Waals surface area contributed by atoms with Gasteiger partial charge in [0.05, 0.1) is 29.7 Å². The van der Waals surface area contributed by atoms with E-state index in [1.54, 1.807) is 11.2 Å². The molecule has 0 bridgehead atoms. The van der Waals surface area contributed by atoms with Crippen molar-refractivity contribution in [3.63, 3.8) is 0 Å². The van der Waals surface area contributed by atoms with Crippen molar-refractivity contribution in [3.05, 3.63) is 59.2 Å². The van der Waals surface area contributed by atoms with Crippen LogP contribution in [0.3, 0.4) is 0 Å². The number of ether oxygens (including phenoxy) is 1. The number of hydrogen-bond donors (Lipinski definition) is 1. The molecule has 2 atom stereocenters. The van der Waals surface area contributed by atoms with Gasteiger partial charge < -0.3 is 10.1 Å². The second kappa shape index (κ2) is 8.01. The second-order valence-corrected chi connectivity index (χ2v) is 7.77. The molecule has 0 saturated heterocycles. The third kappa shape index (κ3) is 3.66. The highest BCUT2D eigenvalue weighted by atomic mass is 32.2. The molecule has 3 rings (SSSR count).